The lowest BCUT2D eigenvalue weighted by atomic mass is 10.1. The van der Waals surface area contributed by atoms with Crippen molar-refractivity contribution in [2.45, 2.75) is 34.6 Å². The molecule has 0 aromatic heterocycles. The summed E-state index contributed by atoms with van der Waals surface area (Å²) in [6, 6.07) is 0. The maximum absolute atomic E-state index is 11.7. The van der Waals surface area contributed by atoms with E-state index >= 15 is 0 Å². The molecule has 0 radical (unpaired) electrons. The number of carbonyl (C=O) groups is 1. The summed E-state index contributed by atoms with van der Waals surface area (Å²) in [5.74, 6) is 1.20. The van der Waals surface area contributed by atoms with Crippen molar-refractivity contribution in [2.75, 3.05) is 13.1 Å². The molecule has 0 heterocycles. The third-order valence-electron chi connectivity index (χ3n) is 1.79. The smallest absolute Gasteiger partial charge is 0.246 e. The van der Waals surface area contributed by atoms with Crippen molar-refractivity contribution in [2.24, 2.45) is 11.8 Å². The van der Waals surface area contributed by atoms with Crippen LogP contribution in [0.25, 0.3) is 0 Å². The molecule has 0 aromatic rings. The lowest BCUT2D eigenvalue weighted by Gasteiger charge is -2.25. The summed E-state index contributed by atoms with van der Waals surface area (Å²) in [7, 11) is 0. The van der Waals surface area contributed by atoms with Gasteiger partial charge in [-0.2, -0.15) is 0 Å². The molecule has 0 saturated heterocycles. The highest BCUT2D eigenvalue weighted by Gasteiger charge is 2.13. The minimum Gasteiger partial charge on any atom is -0.339 e. The van der Waals surface area contributed by atoms with Gasteiger partial charge in [-0.05, 0) is 24.8 Å². The standard InChI is InChI=1S/C12H23NO/c1-6-7-12(14)13(8-10(2)3)9-11(4)5/h6-7,10-11H,8-9H2,1-5H3/b7-6+. The van der Waals surface area contributed by atoms with E-state index in [0.717, 1.165) is 13.1 Å². The lowest BCUT2D eigenvalue weighted by Crippen LogP contribution is -2.35. The highest BCUT2D eigenvalue weighted by Crippen LogP contribution is 2.04. The Kier molecular flexibility index (Phi) is 6.26. The fourth-order valence-corrected chi connectivity index (χ4v) is 1.38. The summed E-state index contributed by atoms with van der Waals surface area (Å²) in [6.45, 7) is 12.1. The van der Waals surface area contributed by atoms with Crippen LogP contribution in [0.15, 0.2) is 12.2 Å². The molecule has 0 N–H and O–H groups in total. The average molecular weight is 197 g/mol. The molecule has 82 valence electrons. The number of allylic oxidation sites excluding steroid dienone is 1. The molecule has 0 fully saturated rings. The zero-order valence-corrected chi connectivity index (χ0v) is 10.1. The van der Waals surface area contributed by atoms with Gasteiger partial charge in [-0.3, -0.25) is 4.79 Å². The number of carbonyl (C=O) groups excluding carboxylic acids is 1. The van der Waals surface area contributed by atoms with E-state index in [9.17, 15) is 4.79 Å². The van der Waals surface area contributed by atoms with Crippen molar-refractivity contribution in [1.82, 2.24) is 4.90 Å². The summed E-state index contributed by atoms with van der Waals surface area (Å²) in [5.41, 5.74) is 0. The molecule has 1 amide bonds. The number of amides is 1. The van der Waals surface area contributed by atoms with E-state index in [2.05, 4.69) is 27.7 Å². The van der Waals surface area contributed by atoms with Crippen LogP contribution in [0.2, 0.25) is 0 Å². The lowest BCUT2D eigenvalue weighted by molar-refractivity contribution is -0.127. The molecule has 0 aliphatic heterocycles. The van der Waals surface area contributed by atoms with E-state index in [1.807, 2.05) is 11.8 Å². The minimum absolute atomic E-state index is 0.134. The predicted molar refractivity (Wildman–Crippen MR) is 61.1 cm³/mol. The molecule has 0 rings (SSSR count). The first-order chi connectivity index (χ1) is 6.47. The molecule has 0 aliphatic rings. The zero-order valence-electron chi connectivity index (χ0n) is 10.1. The van der Waals surface area contributed by atoms with Gasteiger partial charge in [-0.1, -0.05) is 33.8 Å². The molecular weight excluding hydrogens is 174 g/mol. The highest BCUT2D eigenvalue weighted by molar-refractivity contribution is 5.87. The Morgan fingerprint density at radius 1 is 1.14 bits per heavy atom. The van der Waals surface area contributed by atoms with Crippen LogP contribution in [-0.4, -0.2) is 23.9 Å². The van der Waals surface area contributed by atoms with Crippen LogP contribution in [-0.2, 0) is 4.79 Å². The van der Waals surface area contributed by atoms with Gasteiger partial charge in [0.2, 0.25) is 5.91 Å². The third kappa shape index (κ3) is 5.79. The SMILES string of the molecule is C/C=C/C(=O)N(CC(C)C)CC(C)C. The molecule has 0 saturated carbocycles. The Hall–Kier alpha value is -0.790. The van der Waals surface area contributed by atoms with Crippen LogP contribution in [0.3, 0.4) is 0 Å². The highest BCUT2D eigenvalue weighted by atomic mass is 16.2. The van der Waals surface area contributed by atoms with Gasteiger partial charge < -0.3 is 4.90 Å². The second-order valence-electron chi connectivity index (χ2n) is 4.53. The van der Waals surface area contributed by atoms with Crippen molar-refractivity contribution in [3.8, 4) is 0 Å². The first-order valence-corrected chi connectivity index (χ1v) is 5.39. The van der Waals surface area contributed by atoms with Crippen LogP contribution >= 0.6 is 0 Å². The topological polar surface area (TPSA) is 20.3 Å². The normalized spacial score (nSPS) is 11.6. The second-order valence-corrected chi connectivity index (χ2v) is 4.53. The Morgan fingerprint density at radius 3 is 1.86 bits per heavy atom. The molecule has 2 nitrogen and oxygen atoms in total. The summed E-state index contributed by atoms with van der Waals surface area (Å²) >= 11 is 0. The Bertz CT molecular complexity index is 184. The van der Waals surface area contributed by atoms with Crippen LogP contribution in [0, 0.1) is 11.8 Å². The van der Waals surface area contributed by atoms with Crippen molar-refractivity contribution in [3.63, 3.8) is 0 Å². The van der Waals surface area contributed by atoms with E-state index in [0.29, 0.717) is 11.8 Å². The van der Waals surface area contributed by atoms with Gasteiger partial charge in [-0.15, -0.1) is 0 Å². The first-order valence-electron chi connectivity index (χ1n) is 5.39. The minimum atomic E-state index is 0.134. The molecule has 0 unspecified atom stereocenters. The molecule has 0 spiro atoms. The maximum atomic E-state index is 11.7. The molecule has 0 bridgehead atoms. The van der Waals surface area contributed by atoms with Gasteiger partial charge in [-0.25, -0.2) is 0 Å². The van der Waals surface area contributed by atoms with E-state index in [4.69, 9.17) is 0 Å². The van der Waals surface area contributed by atoms with Crippen LogP contribution in [0.5, 0.6) is 0 Å². The van der Waals surface area contributed by atoms with Crippen LogP contribution < -0.4 is 0 Å². The molecule has 0 atom stereocenters. The fraction of sp³-hybridized carbons (Fsp3) is 0.750. The van der Waals surface area contributed by atoms with Crippen molar-refractivity contribution < 1.29 is 4.79 Å². The van der Waals surface area contributed by atoms with E-state index in [1.165, 1.54) is 0 Å². The first kappa shape index (κ1) is 13.2. The summed E-state index contributed by atoms with van der Waals surface area (Å²) < 4.78 is 0. The van der Waals surface area contributed by atoms with Crippen molar-refractivity contribution in [1.29, 1.82) is 0 Å². The monoisotopic (exact) mass is 197 g/mol. The third-order valence-corrected chi connectivity index (χ3v) is 1.79. The molecular formula is C12H23NO. The van der Waals surface area contributed by atoms with Gasteiger partial charge in [0.15, 0.2) is 0 Å². The summed E-state index contributed by atoms with van der Waals surface area (Å²) in [6.07, 6.45) is 3.45. The summed E-state index contributed by atoms with van der Waals surface area (Å²) in [5, 5.41) is 0. The average Bonchev–Trinajstić information content (AvgIpc) is 2.01. The van der Waals surface area contributed by atoms with Crippen LogP contribution in [0.4, 0.5) is 0 Å². The van der Waals surface area contributed by atoms with E-state index in [1.54, 1.807) is 12.2 Å². The zero-order chi connectivity index (χ0) is 11.1. The van der Waals surface area contributed by atoms with Crippen molar-refractivity contribution >= 4 is 5.91 Å². The van der Waals surface area contributed by atoms with Gasteiger partial charge in [0.25, 0.3) is 0 Å². The van der Waals surface area contributed by atoms with Crippen molar-refractivity contribution in [3.05, 3.63) is 12.2 Å². The Balaban J connectivity index is 4.30. The summed E-state index contributed by atoms with van der Waals surface area (Å²) in [4.78, 5) is 13.6. The second kappa shape index (κ2) is 6.63. The van der Waals surface area contributed by atoms with Gasteiger partial charge in [0, 0.05) is 13.1 Å². The Morgan fingerprint density at radius 2 is 1.57 bits per heavy atom. The largest absolute Gasteiger partial charge is 0.339 e. The van der Waals surface area contributed by atoms with Gasteiger partial charge in [0.05, 0.1) is 0 Å². The quantitative estimate of drug-likeness (QED) is 0.621. The number of hydrogen-bond donors (Lipinski definition) is 0. The number of rotatable bonds is 5. The number of hydrogen-bond acceptors (Lipinski definition) is 1. The van der Waals surface area contributed by atoms with E-state index in [-0.39, 0.29) is 5.91 Å². The Labute approximate surface area is 88.0 Å². The molecule has 0 aromatic carbocycles. The predicted octanol–water partition coefficient (Wildman–Crippen LogP) is 2.70. The van der Waals surface area contributed by atoms with E-state index < -0.39 is 0 Å². The van der Waals surface area contributed by atoms with Gasteiger partial charge >= 0.3 is 0 Å². The van der Waals surface area contributed by atoms with Crippen LogP contribution in [0.1, 0.15) is 34.6 Å². The molecule has 2 heteroatoms. The number of nitrogens with zero attached hydrogens (tertiary/aromatic N) is 1. The fourth-order valence-electron chi connectivity index (χ4n) is 1.38. The molecule has 0 aliphatic carbocycles. The maximum Gasteiger partial charge on any atom is 0.246 e. The molecule has 14 heavy (non-hydrogen) atoms. The van der Waals surface area contributed by atoms with Gasteiger partial charge in [0.1, 0.15) is 0 Å².